The monoisotopic (exact) mass is 254 g/mol. The molecule has 0 aliphatic rings. The van der Waals surface area contributed by atoms with Gasteiger partial charge in [-0.25, -0.2) is 4.39 Å². The predicted molar refractivity (Wildman–Crippen MR) is 68.9 cm³/mol. The molecule has 1 atom stereocenters. The summed E-state index contributed by atoms with van der Waals surface area (Å²) in [5.41, 5.74) is 6.45. The largest absolute Gasteiger partial charge is 0.465 e. The van der Waals surface area contributed by atoms with Crippen molar-refractivity contribution in [2.24, 2.45) is 5.73 Å². The Bertz CT molecular complexity index is 398. The summed E-state index contributed by atoms with van der Waals surface area (Å²) in [6.45, 7) is 4.89. The summed E-state index contributed by atoms with van der Waals surface area (Å²) in [5, 5.41) is 0. The van der Waals surface area contributed by atoms with Crippen molar-refractivity contribution < 1.29 is 13.9 Å². The average Bonchev–Trinajstić information content (AvgIpc) is 2.35. The molecule has 0 fully saturated rings. The number of carbonyl (C=O) groups excluding carboxylic acids is 1. The van der Waals surface area contributed by atoms with Crippen LogP contribution in [0.5, 0.6) is 0 Å². The molecule has 0 aliphatic carbocycles. The minimum absolute atomic E-state index is 0.304. The van der Waals surface area contributed by atoms with Crippen LogP contribution in [0.4, 0.5) is 10.1 Å². The zero-order valence-corrected chi connectivity index (χ0v) is 10.7. The molecule has 1 rings (SSSR count). The number of nitrogens with two attached hydrogens (primary N) is 1. The zero-order valence-electron chi connectivity index (χ0n) is 10.7. The maximum atomic E-state index is 13.1. The first-order valence-corrected chi connectivity index (χ1v) is 6.01. The van der Waals surface area contributed by atoms with E-state index < -0.39 is 12.0 Å². The van der Waals surface area contributed by atoms with Gasteiger partial charge in [0.1, 0.15) is 11.9 Å². The summed E-state index contributed by atoms with van der Waals surface area (Å²) in [4.78, 5) is 13.3. The van der Waals surface area contributed by atoms with E-state index in [4.69, 9.17) is 10.5 Å². The summed E-state index contributed by atoms with van der Waals surface area (Å²) in [5.74, 6) is -0.747. The fourth-order valence-electron chi connectivity index (χ4n) is 1.65. The molecule has 0 saturated heterocycles. The molecule has 0 heterocycles. The minimum Gasteiger partial charge on any atom is -0.465 e. The van der Waals surface area contributed by atoms with Crippen LogP contribution >= 0.6 is 0 Å². The fourth-order valence-corrected chi connectivity index (χ4v) is 1.65. The van der Waals surface area contributed by atoms with Gasteiger partial charge in [-0.1, -0.05) is 6.07 Å². The number of esters is 1. The second kappa shape index (κ2) is 6.96. The van der Waals surface area contributed by atoms with Crippen molar-refractivity contribution in [2.75, 3.05) is 24.6 Å². The van der Waals surface area contributed by atoms with Crippen molar-refractivity contribution >= 4 is 11.7 Å². The lowest BCUT2D eigenvalue weighted by Gasteiger charge is -2.25. The maximum Gasteiger partial charge on any atom is 0.324 e. The summed E-state index contributed by atoms with van der Waals surface area (Å²) >= 11 is 0. The Balaban J connectivity index is 2.70. The van der Waals surface area contributed by atoms with Gasteiger partial charge >= 0.3 is 5.97 Å². The molecule has 0 radical (unpaired) electrons. The molecule has 5 heteroatoms. The number of rotatable bonds is 6. The number of likely N-dealkylation sites (N-methyl/N-ethyl adjacent to an activating group) is 1. The smallest absolute Gasteiger partial charge is 0.324 e. The minimum atomic E-state index is -0.729. The van der Waals surface area contributed by atoms with E-state index in [0.717, 1.165) is 0 Å². The van der Waals surface area contributed by atoms with E-state index >= 15 is 0 Å². The van der Waals surface area contributed by atoms with Crippen LogP contribution < -0.4 is 10.6 Å². The lowest BCUT2D eigenvalue weighted by Crippen LogP contribution is -2.43. The van der Waals surface area contributed by atoms with Gasteiger partial charge in [-0.05, 0) is 32.0 Å². The van der Waals surface area contributed by atoms with Crippen LogP contribution in [0.3, 0.4) is 0 Å². The highest BCUT2D eigenvalue weighted by Crippen LogP contribution is 2.15. The summed E-state index contributed by atoms with van der Waals surface area (Å²) in [6.07, 6.45) is 0. The van der Waals surface area contributed by atoms with Crippen LogP contribution in [0.25, 0.3) is 0 Å². The molecule has 0 bridgehead atoms. The van der Waals surface area contributed by atoms with Gasteiger partial charge in [-0.3, -0.25) is 4.79 Å². The molecule has 0 aromatic heterocycles. The van der Waals surface area contributed by atoms with Crippen LogP contribution in [0.2, 0.25) is 0 Å². The Morgan fingerprint density at radius 2 is 2.22 bits per heavy atom. The van der Waals surface area contributed by atoms with Crippen molar-refractivity contribution in [1.82, 2.24) is 0 Å². The molecule has 0 saturated carbocycles. The normalized spacial score (nSPS) is 12.0. The number of benzene rings is 1. The first-order valence-electron chi connectivity index (χ1n) is 6.01. The van der Waals surface area contributed by atoms with E-state index in [-0.39, 0.29) is 5.82 Å². The zero-order chi connectivity index (χ0) is 13.5. The molecule has 1 aromatic rings. The van der Waals surface area contributed by atoms with Crippen LogP contribution in [0.1, 0.15) is 13.8 Å². The van der Waals surface area contributed by atoms with Crippen LogP contribution in [0, 0.1) is 5.82 Å². The van der Waals surface area contributed by atoms with E-state index in [1.807, 2.05) is 11.8 Å². The number of hydrogen-bond donors (Lipinski definition) is 1. The second-order valence-electron chi connectivity index (χ2n) is 3.88. The number of nitrogens with zero attached hydrogens (tertiary/aromatic N) is 1. The van der Waals surface area contributed by atoms with E-state index in [1.165, 1.54) is 12.1 Å². The van der Waals surface area contributed by atoms with E-state index in [1.54, 1.807) is 19.1 Å². The molecule has 0 spiro atoms. The molecular weight excluding hydrogens is 235 g/mol. The Morgan fingerprint density at radius 3 is 2.78 bits per heavy atom. The highest BCUT2D eigenvalue weighted by atomic mass is 19.1. The topological polar surface area (TPSA) is 55.6 Å². The Kier molecular flexibility index (Phi) is 5.58. The van der Waals surface area contributed by atoms with Crippen molar-refractivity contribution in [2.45, 2.75) is 19.9 Å². The summed E-state index contributed by atoms with van der Waals surface area (Å²) < 4.78 is 18.0. The predicted octanol–water partition coefficient (Wildman–Crippen LogP) is 1.54. The average molecular weight is 254 g/mol. The van der Waals surface area contributed by atoms with Gasteiger partial charge in [0.05, 0.1) is 6.61 Å². The third-order valence-electron chi connectivity index (χ3n) is 2.56. The van der Waals surface area contributed by atoms with Crippen molar-refractivity contribution in [3.8, 4) is 0 Å². The molecule has 1 aromatic carbocycles. The van der Waals surface area contributed by atoms with Gasteiger partial charge in [0.2, 0.25) is 0 Å². The van der Waals surface area contributed by atoms with Crippen LogP contribution in [0.15, 0.2) is 24.3 Å². The van der Waals surface area contributed by atoms with Crippen LogP contribution in [-0.2, 0) is 9.53 Å². The first-order chi connectivity index (χ1) is 8.58. The van der Waals surface area contributed by atoms with E-state index in [2.05, 4.69) is 0 Å². The van der Waals surface area contributed by atoms with Gasteiger partial charge in [0.25, 0.3) is 0 Å². The van der Waals surface area contributed by atoms with Gasteiger partial charge in [0, 0.05) is 18.8 Å². The Morgan fingerprint density at radius 1 is 1.50 bits per heavy atom. The highest BCUT2D eigenvalue weighted by molar-refractivity contribution is 5.76. The SMILES string of the molecule is CCOC(=O)C(N)CN(CC)c1cccc(F)c1. The van der Waals surface area contributed by atoms with Gasteiger partial charge in [-0.15, -0.1) is 0 Å². The molecule has 4 nitrogen and oxygen atoms in total. The Hall–Kier alpha value is -1.62. The molecule has 2 N–H and O–H groups in total. The van der Waals surface area contributed by atoms with Gasteiger partial charge < -0.3 is 15.4 Å². The summed E-state index contributed by atoms with van der Waals surface area (Å²) in [7, 11) is 0. The number of anilines is 1. The van der Waals surface area contributed by atoms with Crippen molar-refractivity contribution in [3.05, 3.63) is 30.1 Å². The lowest BCUT2D eigenvalue weighted by molar-refractivity contribution is -0.144. The molecule has 18 heavy (non-hydrogen) atoms. The van der Waals surface area contributed by atoms with Gasteiger partial charge in [-0.2, -0.15) is 0 Å². The second-order valence-corrected chi connectivity index (χ2v) is 3.88. The lowest BCUT2D eigenvalue weighted by atomic mass is 10.2. The number of carbonyl (C=O) groups is 1. The Labute approximate surface area is 107 Å². The third-order valence-corrected chi connectivity index (χ3v) is 2.56. The molecule has 0 aliphatic heterocycles. The number of ether oxygens (including phenoxy) is 1. The standard InChI is InChI=1S/C13H19FN2O2/c1-3-16(9-12(15)13(17)18-4-2)11-7-5-6-10(14)8-11/h5-8,12H,3-4,9,15H2,1-2H3. The maximum absolute atomic E-state index is 13.1. The van der Waals surface area contributed by atoms with Gasteiger partial charge in [0.15, 0.2) is 0 Å². The van der Waals surface area contributed by atoms with E-state index in [0.29, 0.717) is 25.4 Å². The molecule has 1 unspecified atom stereocenters. The molecular formula is C13H19FN2O2. The summed E-state index contributed by atoms with van der Waals surface area (Å²) in [6, 6.07) is 5.48. The fraction of sp³-hybridized carbons (Fsp3) is 0.462. The van der Waals surface area contributed by atoms with Crippen molar-refractivity contribution in [1.29, 1.82) is 0 Å². The van der Waals surface area contributed by atoms with Crippen molar-refractivity contribution in [3.63, 3.8) is 0 Å². The van der Waals surface area contributed by atoms with Crippen LogP contribution in [-0.4, -0.2) is 31.7 Å². The number of hydrogen-bond acceptors (Lipinski definition) is 4. The molecule has 100 valence electrons. The quantitative estimate of drug-likeness (QED) is 0.782. The first kappa shape index (κ1) is 14.4. The number of halogens is 1. The third kappa shape index (κ3) is 4.00. The highest BCUT2D eigenvalue weighted by Gasteiger charge is 2.18. The van der Waals surface area contributed by atoms with E-state index in [9.17, 15) is 9.18 Å². The molecule has 0 amide bonds.